The van der Waals surface area contributed by atoms with Crippen LogP contribution in [-0.4, -0.2) is 40.2 Å². The Morgan fingerprint density at radius 1 is 1.04 bits per heavy atom. The molecule has 0 atom stereocenters. The van der Waals surface area contributed by atoms with E-state index in [4.69, 9.17) is 0 Å². The number of carbonyl (C=O) groups is 2. The summed E-state index contributed by atoms with van der Waals surface area (Å²) < 4.78 is 30.0. The number of esters is 1. The normalized spacial score (nSPS) is 10.8. The third kappa shape index (κ3) is 5.06. The number of amides is 1. The predicted octanol–water partition coefficient (Wildman–Crippen LogP) is 1.56. The molecular weight excluding hydrogens is 356 g/mol. The number of hydrogen-bond donors (Lipinski definition) is 1. The number of benzene rings is 2. The van der Waals surface area contributed by atoms with Crippen molar-refractivity contribution in [3.05, 3.63) is 65.7 Å². The van der Waals surface area contributed by atoms with Crippen LogP contribution in [-0.2, 0) is 26.1 Å². The maximum Gasteiger partial charge on any atom is 0.340 e. The minimum atomic E-state index is -3.80. The maximum atomic E-state index is 12.3. The molecule has 138 valence electrons. The van der Waals surface area contributed by atoms with Gasteiger partial charge in [-0.15, -0.1) is 0 Å². The van der Waals surface area contributed by atoms with Crippen molar-refractivity contribution in [1.82, 2.24) is 5.32 Å². The molecule has 1 N–H and O–H groups in total. The second-order valence-electron chi connectivity index (χ2n) is 5.54. The summed E-state index contributed by atoms with van der Waals surface area (Å²) in [6.07, 6.45) is 0.978. The highest BCUT2D eigenvalue weighted by Crippen LogP contribution is 2.23. The molecule has 7 nitrogen and oxygen atoms in total. The predicted molar refractivity (Wildman–Crippen MR) is 98.3 cm³/mol. The average molecular weight is 376 g/mol. The van der Waals surface area contributed by atoms with Gasteiger partial charge in [-0.05, 0) is 17.7 Å². The van der Waals surface area contributed by atoms with Gasteiger partial charge in [-0.25, -0.2) is 13.2 Å². The van der Waals surface area contributed by atoms with Gasteiger partial charge in [0.25, 0.3) is 0 Å². The van der Waals surface area contributed by atoms with Gasteiger partial charge in [0.15, 0.2) is 0 Å². The SMILES string of the molecule is COC(=O)c1ccccc1N(CC(=O)NCc1ccccc1)S(C)(=O)=O. The minimum Gasteiger partial charge on any atom is -0.465 e. The molecule has 0 unspecified atom stereocenters. The highest BCUT2D eigenvalue weighted by Gasteiger charge is 2.25. The number of methoxy groups -OCH3 is 1. The highest BCUT2D eigenvalue weighted by molar-refractivity contribution is 7.92. The average Bonchev–Trinajstić information content (AvgIpc) is 2.63. The zero-order chi connectivity index (χ0) is 19.2. The Kier molecular flexibility index (Phi) is 6.35. The maximum absolute atomic E-state index is 12.3. The van der Waals surface area contributed by atoms with Crippen molar-refractivity contribution in [3.8, 4) is 0 Å². The van der Waals surface area contributed by atoms with Crippen LogP contribution in [0.25, 0.3) is 0 Å². The van der Waals surface area contributed by atoms with E-state index in [1.54, 1.807) is 12.1 Å². The second-order valence-corrected chi connectivity index (χ2v) is 7.45. The Bertz CT molecular complexity index is 881. The fourth-order valence-electron chi connectivity index (χ4n) is 2.34. The smallest absolute Gasteiger partial charge is 0.340 e. The van der Waals surface area contributed by atoms with Crippen molar-refractivity contribution in [1.29, 1.82) is 0 Å². The Balaban J connectivity index is 2.21. The number of ether oxygens (including phenoxy) is 1. The van der Waals surface area contributed by atoms with Crippen LogP contribution in [0.4, 0.5) is 5.69 Å². The van der Waals surface area contributed by atoms with E-state index in [1.807, 2.05) is 30.3 Å². The van der Waals surface area contributed by atoms with Crippen LogP contribution in [0.2, 0.25) is 0 Å². The zero-order valence-corrected chi connectivity index (χ0v) is 15.3. The molecule has 0 fully saturated rings. The molecule has 0 aromatic heterocycles. The van der Waals surface area contributed by atoms with Crippen molar-refractivity contribution in [2.75, 3.05) is 24.2 Å². The van der Waals surface area contributed by atoms with Crippen LogP contribution < -0.4 is 9.62 Å². The van der Waals surface area contributed by atoms with E-state index >= 15 is 0 Å². The van der Waals surface area contributed by atoms with Crippen LogP contribution in [0.15, 0.2) is 54.6 Å². The molecule has 0 spiro atoms. The summed E-state index contributed by atoms with van der Waals surface area (Å²) in [4.78, 5) is 24.2. The summed E-state index contributed by atoms with van der Waals surface area (Å²) in [6.45, 7) is -0.171. The molecule has 2 aromatic carbocycles. The quantitative estimate of drug-likeness (QED) is 0.740. The molecule has 0 saturated carbocycles. The Morgan fingerprint density at radius 2 is 1.65 bits per heavy atom. The van der Waals surface area contributed by atoms with Gasteiger partial charge in [-0.1, -0.05) is 42.5 Å². The molecule has 0 aliphatic heterocycles. The Hall–Kier alpha value is -2.87. The molecule has 0 saturated heterocycles. The summed E-state index contributed by atoms with van der Waals surface area (Å²) in [5.41, 5.74) is 1.05. The third-order valence-corrected chi connectivity index (χ3v) is 4.72. The molecule has 26 heavy (non-hydrogen) atoms. The first-order valence-electron chi connectivity index (χ1n) is 7.78. The number of hydrogen-bond acceptors (Lipinski definition) is 5. The van der Waals surface area contributed by atoms with Crippen molar-refractivity contribution >= 4 is 27.6 Å². The van der Waals surface area contributed by atoms with Gasteiger partial charge in [-0.3, -0.25) is 9.10 Å². The van der Waals surface area contributed by atoms with Gasteiger partial charge in [-0.2, -0.15) is 0 Å². The van der Waals surface area contributed by atoms with Gasteiger partial charge in [0.05, 0.1) is 24.6 Å². The summed E-state index contributed by atoms with van der Waals surface area (Å²) in [7, 11) is -2.59. The van der Waals surface area contributed by atoms with Gasteiger partial charge in [0, 0.05) is 6.54 Å². The molecule has 0 bridgehead atoms. The lowest BCUT2D eigenvalue weighted by Crippen LogP contribution is -2.40. The topological polar surface area (TPSA) is 92.8 Å². The van der Waals surface area contributed by atoms with Gasteiger partial charge in [0.1, 0.15) is 6.54 Å². The van der Waals surface area contributed by atoms with E-state index in [0.717, 1.165) is 16.1 Å². The van der Waals surface area contributed by atoms with Crippen molar-refractivity contribution in [3.63, 3.8) is 0 Å². The number of rotatable bonds is 7. The summed E-state index contributed by atoms with van der Waals surface area (Å²) in [5, 5.41) is 2.67. The van der Waals surface area contributed by atoms with E-state index in [1.165, 1.54) is 19.2 Å². The number of nitrogens with zero attached hydrogens (tertiary/aromatic N) is 1. The van der Waals surface area contributed by atoms with Crippen LogP contribution in [0, 0.1) is 0 Å². The van der Waals surface area contributed by atoms with Gasteiger partial charge in [0.2, 0.25) is 15.9 Å². The fourth-order valence-corrected chi connectivity index (χ4v) is 3.21. The fraction of sp³-hybridized carbons (Fsp3) is 0.222. The van der Waals surface area contributed by atoms with E-state index in [9.17, 15) is 18.0 Å². The van der Waals surface area contributed by atoms with Crippen LogP contribution in [0.3, 0.4) is 0 Å². The van der Waals surface area contributed by atoms with Crippen LogP contribution in [0.5, 0.6) is 0 Å². The molecule has 0 aliphatic rings. The van der Waals surface area contributed by atoms with E-state index in [-0.39, 0.29) is 17.8 Å². The lowest BCUT2D eigenvalue weighted by Gasteiger charge is -2.23. The van der Waals surface area contributed by atoms with E-state index < -0.39 is 28.4 Å². The van der Waals surface area contributed by atoms with Crippen molar-refractivity contribution in [2.45, 2.75) is 6.54 Å². The zero-order valence-electron chi connectivity index (χ0n) is 14.5. The minimum absolute atomic E-state index is 0.0660. The highest BCUT2D eigenvalue weighted by atomic mass is 32.2. The van der Waals surface area contributed by atoms with Crippen LogP contribution in [0.1, 0.15) is 15.9 Å². The molecule has 0 radical (unpaired) electrons. The first kappa shape index (κ1) is 19.5. The largest absolute Gasteiger partial charge is 0.465 e. The second kappa shape index (κ2) is 8.48. The summed E-state index contributed by atoms with van der Waals surface area (Å²) in [5.74, 6) is -1.17. The first-order valence-corrected chi connectivity index (χ1v) is 9.63. The number of para-hydroxylation sites is 1. The summed E-state index contributed by atoms with van der Waals surface area (Å²) >= 11 is 0. The van der Waals surface area contributed by atoms with Crippen LogP contribution >= 0.6 is 0 Å². The first-order chi connectivity index (χ1) is 12.3. The van der Waals surface area contributed by atoms with Gasteiger partial charge < -0.3 is 10.1 Å². The monoisotopic (exact) mass is 376 g/mol. The molecule has 0 aliphatic carbocycles. The Labute approximate surface area is 152 Å². The van der Waals surface area contributed by atoms with E-state index in [2.05, 4.69) is 10.1 Å². The molecule has 8 heteroatoms. The summed E-state index contributed by atoms with van der Waals surface area (Å²) in [6, 6.07) is 15.3. The van der Waals surface area contributed by atoms with Crippen molar-refractivity contribution in [2.24, 2.45) is 0 Å². The molecule has 0 heterocycles. The molecule has 2 rings (SSSR count). The van der Waals surface area contributed by atoms with E-state index in [0.29, 0.717) is 0 Å². The lowest BCUT2D eigenvalue weighted by molar-refractivity contribution is -0.119. The molecular formula is C18H20N2O5S. The Morgan fingerprint density at radius 3 is 2.27 bits per heavy atom. The number of nitrogens with one attached hydrogen (secondary N) is 1. The van der Waals surface area contributed by atoms with Gasteiger partial charge >= 0.3 is 5.97 Å². The number of carbonyl (C=O) groups excluding carboxylic acids is 2. The van der Waals surface area contributed by atoms with Crippen molar-refractivity contribution < 1.29 is 22.7 Å². The molecule has 2 aromatic rings. The third-order valence-electron chi connectivity index (χ3n) is 3.60. The molecule has 1 amide bonds. The number of anilines is 1. The standard InChI is InChI=1S/C18H20N2O5S/c1-25-18(22)15-10-6-7-11-16(15)20(26(2,23)24)13-17(21)19-12-14-8-4-3-5-9-14/h3-11H,12-13H2,1-2H3,(H,19,21). The lowest BCUT2D eigenvalue weighted by atomic mass is 10.2. The number of sulfonamides is 1.